The zero-order chi connectivity index (χ0) is 17.1. The molecule has 2 aromatic carbocycles. The maximum absolute atomic E-state index is 12.3. The highest BCUT2D eigenvalue weighted by molar-refractivity contribution is 6.06. The lowest BCUT2D eigenvalue weighted by Gasteiger charge is -2.14. The highest BCUT2D eigenvalue weighted by Gasteiger charge is 2.10. The Morgan fingerprint density at radius 2 is 1.88 bits per heavy atom. The Bertz CT molecular complexity index is 988. The fraction of sp³-hybridized carbons (Fsp3) is 0.0556. The van der Waals surface area contributed by atoms with E-state index in [-0.39, 0.29) is 22.5 Å². The molecule has 6 heteroatoms. The van der Waals surface area contributed by atoms with Gasteiger partial charge in [0.25, 0.3) is 11.7 Å². The Hall–Kier alpha value is -3.41. The van der Waals surface area contributed by atoms with Gasteiger partial charge in [-0.1, -0.05) is 12.1 Å². The first-order valence-corrected chi connectivity index (χ1v) is 7.21. The summed E-state index contributed by atoms with van der Waals surface area (Å²) >= 11 is 0. The Labute approximate surface area is 137 Å². The first kappa shape index (κ1) is 15.5. The molecule has 0 aliphatic heterocycles. The van der Waals surface area contributed by atoms with E-state index in [1.807, 2.05) is 0 Å². The van der Waals surface area contributed by atoms with E-state index < -0.39 is 0 Å². The van der Waals surface area contributed by atoms with Crippen LogP contribution in [-0.4, -0.2) is 17.6 Å². The highest BCUT2D eigenvalue weighted by Crippen LogP contribution is 2.14. The standard InChI is InChI=1S/C18H14N2O4/c1-24-15-9-6-13(7-10-15)18(21)11-8-14-12-19(22)16-4-2-3-5-17(16)20(14)23/h2-12H,1H3/b11-8+. The number of ether oxygens (including phenoxy) is 1. The molecule has 120 valence electrons. The number of rotatable bonds is 4. The lowest BCUT2D eigenvalue weighted by Crippen LogP contribution is -2.18. The number of hydrogen-bond donors (Lipinski definition) is 0. The number of benzene rings is 2. The Balaban J connectivity index is 1.94. The summed E-state index contributed by atoms with van der Waals surface area (Å²) in [6, 6.07) is 13.1. The number of methoxy groups -OCH3 is 1. The number of allylic oxidation sites excluding steroid dienone is 1. The van der Waals surface area contributed by atoms with Crippen LogP contribution >= 0.6 is 0 Å². The molecule has 6 nitrogen and oxygen atoms in total. The van der Waals surface area contributed by atoms with Gasteiger partial charge in [0, 0.05) is 16.5 Å². The van der Waals surface area contributed by atoms with Gasteiger partial charge in [0.15, 0.2) is 5.78 Å². The second-order valence-corrected chi connectivity index (χ2v) is 5.09. The van der Waals surface area contributed by atoms with Gasteiger partial charge in [-0.05, 0) is 42.5 Å². The number of fused-ring (bicyclic) bond motifs is 1. The average molecular weight is 322 g/mol. The maximum Gasteiger partial charge on any atom is 0.286 e. The van der Waals surface area contributed by atoms with Crippen molar-refractivity contribution in [3.05, 3.63) is 82.2 Å². The molecular weight excluding hydrogens is 308 g/mol. The normalized spacial score (nSPS) is 11.0. The smallest absolute Gasteiger partial charge is 0.286 e. The summed E-state index contributed by atoms with van der Waals surface area (Å²) in [6.07, 6.45) is 3.74. The molecule has 0 fully saturated rings. The van der Waals surface area contributed by atoms with Crippen LogP contribution in [0.15, 0.2) is 60.8 Å². The highest BCUT2D eigenvalue weighted by atomic mass is 16.5. The van der Waals surface area contributed by atoms with Crippen LogP contribution in [0.25, 0.3) is 17.1 Å². The van der Waals surface area contributed by atoms with E-state index in [2.05, 4.69) is 0 Å². The first-order valence-electron chi connectivity index (χ1n) is 7.21. The summed E-state index contributed by atoms with van der Waals surface area (Å²) in [6.45, 7) is 0. The second-order valence-electron chi connectivity index (χ2n) is 5.09. The van der Waals surface area contributed by atoms with Crippen LogP contribution in [-0.2, 0) is 0 Å². The molecule has 0 atom stereocenters. The van der Waals surface area contributed by atoms with Crippen molar-refractivity contribution in [2.24, 2.45) is 0 Å². The van der Waals surface area contributed by atoms with Gasteiger partial charge in [-0.2, -0.15) is 0 Å². The largest absolute Gasteiger partial charge is 0.805 e. The van der Waals surface area contributed by atoms with Crippen LogP contribution in [0, 0.1) is 10.1 Å². The van der Waals surface area contributed by atoms with Crippen molar-refractivity contribution in [1.29, 1.82) is 0 Å². The molecule has 0 N–H and O–H groups in total. The average Bonchev–Trinajstić information content (AvgIpc) is 2.63. The van der Waals surface area contributed by atoms with Gasteiger partial charge < -0.3 is 14.7 Å². The SMILES string of the molecule is COc1ccc(C(=O)/C=C/c2c[n+](=O)c3ccccc3n2[O-])cc1. The number of hydrogen-bond acceptors (Lipinski definition) is 4. The van der Waals surface area contributed by atoms with Crippen LogP contribution in [0.1, 0.15) is 16.1 Å². The third kappa shape index (κ3) is 2.89. The van der Waals surface area contributed by atoms with E-state index in [1.54, 1.807) is 55.6 Å². The molecule has 0 saturated heterocycles. The predicted molar refractivity (Wildman–Crippen MR) is 90.4 cm³/mol. The number of nitrogens with zero attached hydrogens (tertiary/aromatic N) is 2. The van der Waals surface area contributed by atoms with E-state index in [0.29, 0.717) is 20.5 Å². The van der Waals surface area contributed by atoms with Crippen molar-refractivity contribution in [1.82, 2.24) is 4.73 Å². The lowest BCUT2D eigenvalue weighted by molar-refractivity contribution is -0.464. The fourth-order valence-corrected chi connectivity index (χ4v) is 2.33. The Kier molecular flexibility index (Phi) is 4.11. The van der Waals surface area contributed by atoms with E-state index in [0.717, 1.165) is 6.20 Å². The van der Waals surface area contributed by atoms with Crippen LogP contribution in [0.2, 0.25) is 0 Å². The Morgan fingerprint density at radius 1 is 1.17 bits per heavy atom. The zero-order valence-electron chi connectivity index (χ0n) is 12.9. The third-order valence-electron chi connectivity index (χ3n) is 3.60. The molecular formula is C18H14N2O4. The van der Waals surface area contributed by atoms with Crippen molar-refractivity contribution in [2.45, 2.75) is 0 Å². The minimum Gasteiger partial charge on any atom is -0.805 e. The molecule has 0 aliphatic carbocycles. The molecule has 0 unspecified atom stereocenters. The first-order chi connectivity index (χ1) is 11.6. The van der Waals surface area contributed by atoms with Crippen LogP contribution in [0.5, 0.6) is 5.75 Å². The van der Waals surface area contributed by atoms with Gasteiger partial charge in [0.1, 0.15) is 17.0 Å². The van der Waals surface area contributed by atoms with Crippen molar-refractivity contribution in [3.8, 4) is 5.75 Å². The molecule has 3 rings (SSSR count). The van der Waals surface area contributed by atoms with Crippen molar-refractivity contribution < 1.29 is 14.0 Å². The molecule has 0 aliphatic rings. The van der Waals surface area contributed by atoms with E-state index >= 15 is 0 Å². The minimum absolute atomic E-state index is 0.0885. The van der Waals surface area contributed by atoms with Crippen molar-refractivity contribution in [3.63, 3.8) is 0 Å². The van der Waals surface area contributed by atoms with Crippen LogP contribution in [0.4, 0.5) is 0 Å². The molecule has 1 heterocycles. The van der Waals surface area contributed by atoms with Crippen LogP contribution in [0.3, 0.4) is 0 Å². The summed E-state index contributed by atoms with van der Waals surface area (Å²) < 4.78 is 6.28. The third-order valence-corrected chi connectivity index (χ3v) is 3.60. The predicted octanol–water partition coefficient (Wildman–Crippen LogP) is 2.81. The summed E-state index contributed by atoms with van der Waals surface area (Å²) in [5.41, 5.74) is 1.06. The summed E-state index contributed by atoms with van der Waals surface area (Å²) in [7, 11) is 1.54. The number of carbonyl (C=O) groups excluding carboxylic acids is 1. The van der Waals surface area contributed by atoms with Gasteiger partial charge in [-0.3, -0.25) is 4.79 Å². The summed E-state index contributed by atoms with van der Waals surface area (Å²) in [4.78, 5) is 24.1. The molecule has 24 heavy (non-hydrogen) atoms. The van der Waals surface area contributed by atoms with Crippen LogP contribution < -0.4 is 9.16 Å². The molecule has 0 bridgehead atoms. The number of ketones is 1. The molecule has 0 amide bonds. The van der Waals surface area contributed by atoms with Gasteiger partial charge >= 0.3 is 0 Å². The number of carbonyl (C=O) groups is 1. The van der Waals surface area contributed by atoms with E-state index in [1.165, 1.54) is 12.2 Å². The monoisotopic (exact) mass is 322 g/mol. The molecule has 0 radical (unpaired) electrons. The van der Waals surface area contributed by atoms with E-state index in [4.69, 9.17) is 4.74 Å². The van der Waals surface area contributed by atoms with Crippen molar-refractivity contribution >= 4 is 22.9 Å². The van der Waals surface area contributed by atoms with Gasteiger partial charge in [0.05, 0.1) is 11.5 Å². The number of para-hydroxylation sites is 2. The van der Waals surface area contributed by atoms with Crippen molar-refractivity contribution in [2.75, 3.05) is 7.11 Å². The molecule has 3 aromatic rings. The topological polar surface area (TPSA) is 77.3 Å². The van der Waals surface area contributed by atoms with Gasteiger partial charge in [-0.15, -0.1) is 0 Å². The quantitative estimate of drug-likeness (QED) is 0.420. The fourth-order valence-electron chi connectivity index (χ4n) is 2.33. The van der Waals surface area contributed by atoms with Gasteiger partial charge in [0.2, 0.25) is 0 Å². The molecule has 0 saturated carbocycles. The summed E-state index contributed by atoms with van der Waals surface area (Å²) in [5, 5.41) is 12.3. The molecule has 0 spiro atoms. The zero-order valence-corrected chi connectivity index (χ0v) is 12.9. The van der Waals surface area contributed by atoms with E-state index in [9.17, 15) is 14.9 Å². The molecule has 1 aromatic heterocycles. The summed E-state index contributed by atoms with van der Waals surface area (Å²) in [5.74, 6) is 0.373. The Morgan fingerprint density at radius 3 is 2.58 bits per heavy atom. The minimum atomic E-state index is -0.275. The maximum atomic E-state index is 12.3. The second kappa shape index (κ2) is 6.37. The number of aromatic nitrogens is 2. The lowest BCUT2D eigenvalue weighted by atomic mass is 10.1. The van der Waals surface area contributed by atoms with Gasteiger partial charge in [-0.25, -0.2) is 0 Å².